The Bertz CT molecular complexity index is 778. The van der Waals surface area contributed by atoms with Crippen LogP contribution in [-0.4, -0.2) is 32.2 Å². The molecule has 1 atom stereocenters. The van der Waals surface area contributed by atoms with E-state index in [2.05, 4.69) is 10.1 Å². The maximum Gasteiger partial charge on any atom is 0.337 e. The Kier molecular flexibility index (Phi) is 5.94. The standard InChI is InChI=1S/C18H18FNO5/c1-11(17(21)20-14-7-5-4-6-13(14)19)25-15-9-8-12(18(22)24-3)10-16(15)23-2/h4-11H,1-3H3,(H,20,21)/t11-/m1/s1. The molecule has 2 rings (SSSR count). The number of esters is 1. The number of methoxy groups -OCH3 is 2. The van der Waals surface area contributed by atoms with Gasteiger partial charge in [0, 0.05) is 0 Å². The second-order valence-electron chi connectivity index (χ2n) is 5.09. The molecule has 0 bridgehead atoms. The largest absolute Gasteiger partial charge is 0.493 e. The average molecular weight is 347 g/mol. The lowest BCUT2D eigenvalue weighted by Gasteiger charge is -2.17. The second-order valence-corrected chi connectivity index (χ2v) is 5.09. The molecule has 0 aliphatic carbocycles. The summed E-state index contributed by atoms with van der Waals surface area (Å²) in [7, 11) is 2.68. The molecule has 0 aliphatic heterocycles. The molecule has 7 heteroatoms. The van der Waals surface area contributed by atoms with Crippen LogP contribution in [0.4, 0.5) is 10.1 Å². The molecule has 132 valence electrons. The van der Waals surface area contributed by atoms with Crippen LogP contribution in [-0.2, 0) is 9.53 Å². The first-order chi connectivity index (χ1) is 12.0. The molecule has 1 amide bonds. The summed E-state index contributed by atoms with van der Waals surface area (Å²) in [6.45, 7) is 1.52. The average Bonchev–Trinajstić information content (AvgIpc) is 2.63. The van der Waals surface area contributed by atoms with E-state index in [4.69, 9.17) is 9.47 Å². The van der Waals surface area contributed by atoms with Crippen LogP contribution in [0.2, 0.25) is 0 Å². The molecule has 0 fully saturated rings. The first kappa shape index (κ1) is 18.3. The van der Waals surface area contributed by atoms with Crippen LogP contribution in [0, 0.1) is 5.82 Å². The number of anilines is 1. The predicted octanol–water partition coefficient (Wildman–Crippen LogP) is 3.03. The Morgan fingerprint density at radius 1 is 1.08 bits per heavy atom. The van der Waals surface area contributed by atoms with Crippen LogP contribution in [0.3, 0.4) is 0 Å². The molecule has 25 heavy (non-hydrogen) atoms. The van der Waals surface area contributed by atoms with E-state index in [0.717, 1.165) is 0 Å². The zero-order chi connectivity index (χ0) is 18.4. The third-order valence-electron chi connectivity index (χ3n) is 3.39. The fourth-order valence-corrected chi connectivity index (χ4v) is 2.05. The van der Waals surface area contributed by atoms with E-state index in [9.17, 15) is 14.0 Å². The predicted molar refractivity (Wildman–Crippen MR) is 89.5 cm³/mol. The Morgan fingerprint density at radius 3 is 2.44 bits per heavy atom. The van der Waals surface area contributed by atoms with Crippen molar-refractivity contribution in [1.82, 2.24) is 0 Å². The minimum atomic E-state index is -0.919. The Labute approximate surface area is 144 Å². The van der Waals surface area contributed by atoms with E-state index in [1.807, 2.05) is 0 Å². The van der Waals surface area contributed by atoms with Gasteiger partial charge in [-0.15, -0.1) is 0 Å². The molecule has 0 saturated carbocycles. The molecule has 0 aromatic heterocycles. The molecule has 0 radical (unpaired) electrons. The van der Waals surface area contributed by atoms with Gasteiger partial charge in [-0.25, -0.2) is 9.18 Å². The molecule has 0 spiro atoms. The highest BCUT2D eigenvalue weighted by Crippen LogP contribution is 2.29. The van der Waals surface area contributed by atoms with Crippen molar-refractivity contribution in [3.63, 3.8) is 0 Å². The first-order valence-electron chi connectivity index (χ1n) is 7.44. The van der Waals surface area contributed by atoms with Crippen LogP contribution in [0.25, 0.3) is 0 Å². The molecule has 2 aromatic rings. The smallest absolute Gasteiger partial charge is 0.337 e. The number of carbonyl (C=O) groups is 2. The number of para-hydroxylation sites is 1. The van der Waals surface area contributed by atoms with Gasteiger partial charge in [-0.1, -0.05) is 12.1 Å². The fourth-order valence-electron chi connectivity index (χ4n) is 2.05. The highest BCUT2D eigenvalue weighted by atomic mass is 19.1. The van der Waals surface area contributed by atoms with Gasteiger partial charge in [-0.2, -0.15) is 0 Å². The van der Waals surface area contributed by atoms with E-state index in [1.54, 1.807) is 6.07 Å². The van der Waals surface area contributed by atoms with Crippen LogP contribution < -0.4 is 14.8 Å². The number of nitrogens with one attached hydrogen (secondary N) is 1. The van der Waals surface area contributed by atoms with Crippen molar-refractivity contribution in [3.05, 3.63) is 53.8 Å². The van der Waals surface area contributed by atoms with Gasteiger partial charge in [0.15, 0.2) is 17.6 Å². The summed E-state index contributed by atoms with van der Waals surface area (Å²) in [6.07, 6.45) is -0.919. The lowest BCUT2D eigenvalue weighted by molar-refractivity contribution is -0.122. The van der Waals surface area contributed by atoms with E-state index in [-0.39, 0.29) is 22.7 Å². The molecular formula is C18H18FNO5. The maximum absolute atomic E-state index is 13.6. The van der Waals surface area contributed by atoms with Gasteiger partial charge in [0.2, 0.25) is 0 Å². The van der Waals surface area contributed by atoms with Gasteiger partial charge < -0.3 is 19.5 Å². The van der Waals surface area contributed by atoms with Crippen LogP contribution >= 0.6 is 0 Å². The van der Waals surface area contributed by atoms with E-state index in [1.165, 1.54) is 57.5 Å². The van der Waals surface area contributed by atoms with Gasteiger partial charge in [0.25, 0.3) is 5.91 Å². The molecule has 2 aromatic carbocycles. The number of halogens is 1. The number of hydrogen-bond acceptors (Lipinski definition) is 5. The molecule has 1 N–H and O–H groups in total. The minimum absolute atomic E-state index is 0.0657. The van der Waals surface area contributed by atoms with E-state index < -0.39 is 23.8 Å². The topological polar surface area (TPSA) is 73.9 Å². The molecule has 0 heterocycles. The summed E-state index contributed by atoms with van der Waals surface area (Å²) in [5.41, 5.74) is 0.353. The highest BCUT2D eigenvalue weighted by Gasteiger charge is 2.19. The zero-order valence-corrected chi connectivity index (χ0v) is 14.0. The number of amides is 1. The van der Waals surface area contributed by atoms with Crippen molar-refractivity contribution in [2.75, 3.05) is 19.5 Å². The molecule has 0 saturated heterocycles. The van der Waals surface area contributed by atoms with Gasteiger partial charge >= 0.3 is 5.97 Å². The quantitative estimate of drug-likeness (QED) is 0.813. The van der Waals surface area contributed by atoms with Gasteiger partial charge in [0.1, 0.15) is 5.82 Å². The number of hydrogen-bond donors (Lipinski definition) is 1. The highest BCUT2D eigenvalue weighted by molar-refractivity contribution is 5.94. The number of carbonyl (C=O) groups excluding carboxylic acids is 2. The summed E-state index contributed by atoms with van der Waals surface area (Å²) in [5.74, 6) is -1.04. The summed E-state index contributed by atoms with van der Waals surface area (Å²) in [4.78, 5) is 23.7. The number of rotatable bonds is 6. The monoisotopic (exact) mass is 347 g/mol. The van der Waals surface area contributed by atoms with Crippen molar-refractivity contribution in [2.45, 2.75) is 13.0 Å². The maximum atomic E-state index is 13.6. The SMILES string of the molecule is COC(=O)c1ccc(O[C@H](C)C(=O)Nc2ccccc2F)c(OC)c1. The van der Waals surface area contributed by atoms with Crippen molar-refractivity contribution in [2.24, 2.45) is 0 Å². The fraction of sp³-hybridized carbons (Fsp3) is 0.222. The number of benzene rings is 2. The molecular weight excluding hydrogens is 329 g/mol. The first-order valence-corrected chi connectivity index (χ1v) is 7.44. The molecule has 0 aliphatic rings. The van der Waals surface area contributed by atoms with Crippen molar-refractivity contribution < 1.29 is 28.2 Å². The van der Waals surface area contributed by atoms with Crippen molar-refractivity contribution >= 4 is 17.6 Å². The van der Waals surface area contributed by atoms with Gasteiger partial charge in [-0.3, -0.25) is 4.79 Å². The Morgan fingerprint density at radius 2 is 1.80 bits per heavy atom. The summed E-state index contributed by atoms with van der Waals surface area (Å²) < 4.78 is 29.0. The Balaban J connectivity index is 2.11. The van der Waals surface area contributed by atoms with Gasteiger partial charge in [-0.05, 0) is 37.3 Å². The molecule has 6 nitrogen and oxygen atoms in total. The second kappa shape index (κ2) is 8.14. The summed E-state index contributed by atoms with van der Waals surface area (Å²) >= 11 is 0. The van der Waals surface area contributed by atoms with Gasteiger partial charge in [0.05, 0.1) is 25.5 Å². The third-order valence-corrected chi connectivity index (χ3v) is 3.39. The summed E-state index contributed by atoms with van der Waals surface area (Å²) in [6, 6.07) is 10.3. The molecule has 0 unspecified atom stereocenters. The third kappa shape index (κ3) is 4.47. The van der Waals surface area contributed by atoms with Crippen LogP contribution in [0.15, 0.2) is 42.5 Å². The van der Waals surface area contributed by atoms with E-state index in [0.29, 0.717) is 0 Å². The minimum Gasteiger partial charge on any atom is -0.493 e. The van der Waals surface area contributed by atoms with Crippen molar-refractivity contribution in [1.29, 1.82) is 0 Å². The lowest BCUT2D eigenvalue weighted by atomic mass is 10.2. The van der Waals surface area contributed by atoms with Crippen LogP contribution in [0.1, 0.15) is 17.3 Å². The van der Waals surface area contributed by atoms with Crippen molar-refractivity contribution in [3.8, 4) is 11.5 Å². The lowest BCUT2D eigenvalue weighted by Crippen LogP contribution is -2.30. The summed E-state index contributed by atoms with van der Waals surface area (Å²) in [5, 5.41) is 2.45. The zero-order valence-electron chi connectivity index (χ0n) is 14.0. The Hall–Kier alpha value is -3.09. The number of ether oxygens (including phenoxy) is 3. The van der Waals surface area contributed by atoms with E-state index >= 15 is 0 Å². The normalized spacial score (nSPS) is 11.4. The van der Waals surface area contributed by atoms with Crippen LogP contribution in [0.5, 0.6) is 11.5 Å².